The van der Waals surface area contributed by atoms with Gasteiger partial charge in [0.15, 0.2) is 0 Å². The normalized spacial score (nSPS) is 12.1. The molecular formula is C24H29N3. The van der Waals surface area contributed by atoms with Gasteiger partial charge in [-0.15, -0.1) is 14.1 Å². The maximum atomic E-state index is 4.34. The minimum absolute atomic E-state index is 0.490. The Bertz CT molecular complexity index is 845. The van der Waals surface area contributed by atoms with Crippen molar-refractivity contribution in [2.45, 2.75) is 0 Å². The van der Waals surface area contributed by atoms with Crippen LogP contribution in [-0.2, 0) is 0 Å². The molecule has 140 valence electrons. The van der Waals surface area contributed by atoms with Gasteiger partial charge < -0.3 is 8.97 Å². The second-order valence-corrected chi connectivity index (χ2v) is 8.02. The summed E-state index contributed by atoms with van der Waals surface area (Å²) in [6.07, 6.45) is 0. The summed E-state index contributed by atoms with van der Waals surface area (Å²) in [4.78, 5) is 2.31. The van der Waals surface area contributed by atoms with Crippen LogP contribution in [0.1, 0.15) is 0 Å². The third-order valence-electron chi connectivity index (χ3n) is 4.56. The van der Waals surface area contributed by atoms with Crippen molar-refractivity contribution in [2.75, 3.05) is 33.1 Å². The molecule has 0 bridgehead atoms. The van der Waals surface area contributed by atoms with E-state index in [0.29, 0.717) is 8.97 Å². The summed E-state index contributed by atoms with van der Waals surface area (Å²) < 4.78 is 0.981. The lowest BCUT2D eigenvalue weighted by atomic mass is 10.1. The molecule has 3 nitrogen and oxygen atoms in total. The number of hydrogen-bond donors (Lipinski definition) is 0. The van der Waals surface area contributed by atoms with Crippen LogP contribution in [0.2, 0.25) is 0 Å². The number of rotatable bonds is 5. The van der Waals surface area contributed by atoms with Gasteiger partial charge in [0.1, 0.15) is 22.7 Å². The monoisotopic (exact) mass is 359 g/mol. The molecule has 0 unspecified atom stereocenters. The average Bonchev–Trinajstić information content (AvgIpc) is 2.62. The molecule has 0 aromatic heterocycles. The predicted molar refractivity (Wildman–Crippen MR) is 119 cm³/mol. The molecule has 0 aliphatic carbocycles. The average molecular weight is 360 g/mol. The van der Waals surface area contributed by atoms with Crippen molar-refractivity contribution in [3.05, 3.63) is 93.0 Å². The van der Waals surface area contributed by atoms with Crippen LogP contribution in [0.25, 0.3) is 0 Å². The lowest BCUT2D eigenvalue weighted by Crippen LogP contribution is -2.35. The molecule has 0 heterocycles. The molecule has 0 spiro atoms. The fourth-order valence-electron chi connectivity index (χ4n) is 3.32. The molecule has 0 atom stereocenters. The van der Waals surface area contributed by atoms with Gasteiger partial charge in [0.25, 0.3) is 0 Å². The van der Waals surface area contributed by atoms with Crippen molar-refractivity contribution < 1.29 is 0 Å². The van der Waals surface area contributed by atoms with Gasteiger partial charge in [-0.1, -0.05) is 42.5 Å². The van der Waals surface area contributed by atoms with Gasteiger partial charge in [0.05, 0.1) is 0 Å². The van der Waals surface area contributed by atoms with Gasteiger partial charge in [0.2, 0.25) is 0 Å². The number of benzene rings is 3. The highest BCUT2D eigenvalue weighted by molar-refractivity contribution is 5.88. The summed E-state index contributed by atoms with van der Waals surface area (Å²) in [5, 5.41) is 0. The number of hydrogen-bond acceptors (Lipinski definition) is 1. The van der Waals surface area contributed by atoms with Crippen molar-refractivity contribution >= 4 is 28.4 Å². The zero-order valence-corrected chi connectivity index (χ0v) is 16.8. The van der Waals surface area contributed by atoms with Crippen LogP contribution in [0.5, 0.6) is 0 Å². The smallest absolute Gasteiger partial charge is 0.130 e. The largest absolute Gasteiger partial charge is 0.427 e. The quantitative estimate of drug-likeness (QED) is 0.406. The van der Waals surface area contributed by atoms with Gasteiger partial charge in [-0.05, 0) is 36.4 Å². The molecule has 0 N–H and O–H groups in total. The van der Waals surface area contributed by atoms with E-state index in [4.69, 9.17) is 0 Å². The van der Waals surface area contributed by atoms with E-state index in [-0.39, 0.29) is 0 Å². The fraction of sp³-hybridized carbons (Fsp3) is 0.167. The number of quaternary nitrogens is 2. The van der Waals surface area contributed by atoms with E-state index in [1.54, 1.807) is 0 Å². The molecule has 27 heavy (non-hydrogen) atoms. The van der Waals surface area contributed by atoms with E-state index >= 15 is 0 Å². The molecule has 3 aromatic carbocycles. The predicted octanol–water partition coefficient (Wildman–Crippen LogP) is 5.87. The maximum absolute atomic E-state index is 4.34. The first-order valence-electron chi connectivity index (χ1n) is 9.10. The summed E-state index contributed by atoms with van der Waals surface area (Å²) in [5.41, 5.74) is 5.63. The van der Waals surface area contributed by atoms with E-state index in [1.807, 2.05) is 6.07 Å². The highest BCUT2D eigenvalue weighted by atomic mass is 15.3. The summed E-state index contributed by atoms with van der Waals surface area (Å²) >= 11 is 0. The van der Waals surface area contributed by atoms with Crippen LogP contribution in [0.3, 0.4) is 0 Å². The summed E-state index contributed by atoms with van der Waals surface area (Å²) in [7, 11) is 17.0. The molecule has 0 fully saturated rings. The van der Waals surface area contributed by atoms with Crippen LogP contribution in [0.15, 0.2) is 78.9 Å². The molecule has 3 heteroatoms. The third-order valence-corrected chi connectivity index (χ3v) is 4.56. The summed E-state index contributed by atoms with van der Waals surface area (Å²) in [5.74, 6) is 0. The molecule has 3 rings (SSSR count). The minimum Gasteiger partial charge on any atom is -0.427 e. The van der Waals surface area contributed by atoms with Gasteiger partial charge in [0, 0.05) is 33.9 Å². The molecule has 0 saturated heterocycles. The van der Waals surface area contributed by atoms with Gasteiger partial charge in [-0.3, -0.25) is 4.90 Å². The van der Waals surface area contributed by atoms with Gasteiger partial charge in [-0.2, -0.15) is 0 Å². The van der Waals surface area contributed by atoms with E-state index in [0.717, 1.165) is 28.4 Å². The molecule has 0 aliphatic rings. The molecule has 0 saturated carbocycles. The van der Waals surface area contributed by atoms with Crippen molar-refractivity contribution in [2.24, 2.45) is 0 Å². The lowest BCUT2D eigenvalue weighted by molar-refractivity contribution is 0.531. The molecule has 0 aliphatic heterocycles. The fourth-order valence-corrected chi connectivity index (χ4v) is 3.32. The third kappa shape index (κ3) is 4.05. The minimum atomic E-state index is 0.490. The van der Waals surface area contributed by atoms with E-state index in [1.165, 1.54) is 0 Å². The Morgan fingerprint density at radius 3 is 1.33 bits per heavy atom. The van der Waals surface area contributed by atoms with E-state index in [2.05, 4.69) is 120 Å². The van der Waals surface area contributed by atoms with Crippen molar-refractivity contribution in [3.8, 4) is 0 Å². The van der Waals surface area contributed by atoms with Crippen LogP contribution in [0.4, 0.5) is 28.4 Å². The standard InChI is InChI=1S/C24H29N3/c1-26(2,3)23-18-12-10-16-21(23)25(20-14-8-7-9-15-20)22-17-11-13-19-24(22)27(4,5)6/h7-19H,1,4H2,2-3,5-6H3. The Kier molecular flexibility index (Phi) is 5.09. The molecule has 3 aromatic rings. The van der Waals surface area contributed by atoms with Crippen molar-refractivity contribution in [3.63, 3.8) is 0 Å². The Labute approximate surface area is 163 Å². The second kappa shape index (κ2) is 7.18. The Morgan fingerprint density at radius 1 is 0.556 bits per heavy atom. The van der Waals surface area contributed by atoms with E-state index < -0.39 is 0 Å². The number of nitrogens with zero attached hydrogens (tertiary/aromatic N) is 3. The topological polar surface area (TPSA) is 3.24 Å². The van der Waals surface area contributed by atoms with Crippen LogP contribution in [0, 0.1) is 14.1 Å². The maximum Gasteiger partial charge on any atom is 0.130 e. The molecular weight excluding hydrogens is 330 g/mol. The van der Waals surface area contributed by atoms with Crippen LogP contribution >= 0.6 is 0 Å². The Hall–Kier alpha value is -2.62. The first kappa shape index (κ1) is 19.2. The van der Waals surface area contributed by atoms with Crippen molar-refractivity contribution in [1.29, 1.82) is 0 Å². The lowest BCUT2D eigenvalue weighted by Gasteiger charge is -2.40. The first-order chi connectivity index (χ1) is 12.7. The zero-order valence-electron chi connectivity index (χ0n) is 16.8. The van der Waals surface area contributed by atoms with Crippen LogP contribution in [-0.4, -0.2) is 28.2 Å². The zero-order chi connectivity index (χ0) is 19.7. The van der Waals surface area contributed by atoms with Gasteiger partial charge in [-0.25, -0.2) is 0 Å². The van der Waals surface area contributed by atoms with Crippen molar-refractivity contribution in [1.82, 2.24) is 8.97 Å². The molecule has 0 amide bonds. The van der Waals surface area contributed by atoms with Gasteiger partial charge >= 0.3 is 0 Å². The first-order valence-corrected chi connectivity index (χ1v) is 9.10. The summed E-state index contributed by atoms with van der Waals surface area (Å²) in [6.45, 7) is 0. The SMILES string of the molecule is [CH2-][N+](C)(C)c1ccccc1N(c1ccccc1)c1ccccc1[N+]([CH2-])(C)C. The number of para-hydroxylation sites is 5. The highest BCUT2D eigenvalue weighted by Crippen LogP contribution is 2.45. The molecule has 0 radical (unpaired) electrons. The highest BCUT2D eigenvalue weighted by Gasteiger charge is 2.25. The Morgan fingerprint density at radius 2 is 0.926 bits per heavy atom. The Balaban J connectivity index is 2.32. The summed E-state index contributed by atoms with van der Waals surface area (Å²) in [6, 6.07) is 27.4. The van der Waals surface area contributed by atoms with E-state index in [9.17, 15) is 0 Å². The van der Waals surface area contributed by atoms with Crippen LogP contribution < -0.4 is 13.9 Å². The second-order valence-electron chi connectivity index (χ2n) is 8.02. The number of anilines is 3.